The molecule has 0 saturated heterocycles. The molecular formula is C12H16O4. The molecule has 88 valence electrons. The monoisotopic (exact) mass is 224 g/mol. The highest BCUT2D eigenvalue weighted by molar-refractivity contribution is 5.72. The molecule has 0 fully saturated rings. The number of hydrogen-bond acceptors (Lipinski definition) is 4. The zero-order chi connectivity index (χ0) is 12.1. The third-order valence-electron chi connectivity index (χ3n) is 2.02. The molecule has 0 saturated carbocycles. The van der Waals surface area contributed by atoms with Gasteiger partial charge in [0.05, 0.1) is 6.07 Å². The van der Waals surface area contributed by atoms with Crippen LogP contribution in [0.3, 0.4) is 0 Å². The van der Waals surface area contributed by atoms with Gasteiger partial charge in [0.15, 0.2) is 0 Å². The molecule has 0 aliphatic heterocycles. The first-order chi connectivity index (χ1) is 7.47. The van der Waals surface area contributed by atoms with Crippen molar-refractivity contribution in [3.8, 4) is 5.75 Å². The summed E-state index contributed by atoms with van der Waals surface area (Å²) >= 11 is 0. The first-order valence-electron chi connectivity index (χ1n) is 5.30. The largest absolute Gasteiger partial charge is 0.428 e. The Hall–Kier alpha value is -1.58. The molecule has 0 aliphatic rings. The van der Waals surface area contributed by atoms with Crippen LogP contribution in [-0.4, -0.2) is 5.97 Å². The molecule has 0 aliphatic carbocycles. The summed E-state index contributed by atoms with van der Waals surface area (Å²) in [4.78, 5) is 22.4. The maximum atomic E-state index is 11.4. The van der Waals surface area contributed by atoms with Crippen LogP contribution in [0.1, 0.15) is 32.4 Å². The molecule has 16 heavy (non-hydrogen) atoms. The van der Waals surface area contributed by atoms with Gasteiger partial charge >= 0.3 is 11.6 Å². The van der Waals surface area contributed by atoms with E-state index in [1.165, 1.54) is 12.1 Å². The smallest absolute Gasteiger partial charge is 0.339 e. The Bertz CT molecular complexity index is 417. The van der Waals surface area contributed by atoms with E-state index in [1.54, 1.807) is 6.92 Å². The Morgan fingerprint density at radius 3 is 2.69 bits per heavy atom. The summed E-state index contributed by atoms with van der Waals surface area (Å²) in [5.74, 6) is 0.815. The standard InChI is InChI=1S/C12H16O4/c1-8(2)4-5-11(13)16-10-6-9(3)15-12(14)7-10/h6-8H,4-5H2,1-3H3. The van der Waals surface area contributed by atoms with E-state index in [0.29, 0.717) is 18.1 Å². The first kappa shape index (κ1) is 12.5. The van der Waals surface area contributed by atoms with Crippen molar-refractivity contribution in [1.82, 2.24) is 0 Å². The van der Waals surface area contributed by atoms with Crippen LogP contribution < -0.4 is 10.4 Å². The molecule has 1 aromatic heterocycles. The average Bonchev–Trinajstić information content (AvgIpc) is 2.12. The predicted molar refractivity (Wildman–Crippen MR) is 59.4 cm³/mol. The number of ether oxygens (including phenoxy) is 1. The molecule has 4 nitrogen and oxygen atoms in total. The van der Waals surface area contributed by atoms with Crippen LogP contribution in [0, 0.1) is 12.8 Å². The highest BCUT2D eigenvalue weighted by Crippen LogP contribution is 2.12. The van der Waals surface area contributed by atoms with Crippen LogP contribution in [-0.2, 0) is 4.79 Å². The Labute approximate surface area is 94.2 Å². The van der Waals surface area contributed by atoms with Gasteiger partial charge in [-0.3, -0.25) is 4.79 Å². The SMILES string of the molecule is Cc1cc(OC(=O)CCC(C)C)cc(=O)o1. The Morgan fingerprint density at radius 1 is 1.44 bits per heavy atom. The van der Waals surface area contributed by atoms with E-state index < -0.39 is 5.63 Å². The number of aryl methyl sites for hydroxylation is 1. The number of carbonyl (C=O) groups is 1. The minimum absolute atomic E-state index is 0.252. The number of rotatable bonds is 4. The zero-order valence-electron chi connectivity index (χ0n) is 9.78. The summed E-state index contributed by atoms with van der Waals surface area (Å²) in [6.45, 7) is 5.70. The van der Waals surface area contributed by atoms with Crippen LogP contribution >= 0.6 is 0 Å². The second-order valence-corrected chi connectivity index (χ2v) is 4.13. The van der Waals surface area contributed by atoms with E-state index in [9.17, 15) is 9.59 Å². The fraction of sp³-hybridized carbons (Fsp3) is 0.500. The van der Waals surface area contributed by atoms with Crippen molar-refractivity contribution in [1.29, 1.82) is 0 Å². The quantitative estimate of drug-likeness (QED) is 0.736. The van der Waals surface area contributed by atoms with Gasteiger partial charge in [-0.25, -0.2) is 4.79 Å². The molecule has 0 radical (unpaired) electrons. The predicted octanol–water partition coefficient (Wildman–Crippen LogP) is 2.29. The minimum atomic E-state index is -0.508. The molecule has 0 unspecified atom stereocenters. The number of esters is 1. The van der Waals surface area contributed by atoms with Gasteiger partial charge in [-0.05, 0) is 19.3 Å². The Balaban J connectivity index is 2.59. The van der Waals surface area contributed by atoms with Gasteiger partial charge < -0.3 is 9.15 Å². The van der Waals surface area contributed by atoms with Gasteiger partial charge in [0.1, 0.15) is 11.5 Å². The van der Waals surface area contributed by atoms with Gasteiger partial charge in [-0.15, -0.1) is 0 Å². The Kier molecular flexibility index (Phi) is 4.28. The Morgan fingerprint density at radius 2 is 2.12 bits per heavy atom. The molecule has 1 rings (SSSR count). The summed E-state index contributed by atoms with van der Waals surface area (Å²) in [5.41, 5.74) is -0.508. The normalized spacial score (nSPS) is 10.5. The molecule has 0 bridgehead atoms. The molecule has 1 aromatic rings. The summed E-state index contributed by atoms with van der Waals surface area (Å²) in [6.07, 6.45) is 1.14. The molecule has 0 N–H and O–H groups in total. The van der Waals surface area contributed by atoms with Gasteiger partial charge in [-0.1, -0.05) is 13.8 Å². The lowest BCUT2D eigenvalue weighted by molar-refractivity contribution is -0.134. The lowest BCUT2D eigenvalue weighted by Crippen LogP contribution is -2.10. The lowest BCUT2D eigenvalue weighted by atomic mass is 10.1. The highest BCUT2D eigenvalue weighted by atomic mass is 16.5. The van der Waals surface area contributed by atoms with Crippen LogP contribution in [0.5, 0.6) is 5.75 Å². The third-order valence-corrected chi connectivity index (χ3v) is 2.02. The third kappa shape index (κ3) is 4.29. The van der Waals surface area contributed by atoms with Crippen molar-refractivity contribution in [3.63, 3.8) is 0 Å². The van der Waals surface area contributed by atoms with Crippen molar-refractivity contribution in [2.24, 2.45) is 5.92 Å². The van der Waals surface area contributed by atoms with E-state index in [0.717, 1.165) is 6.42 Å². The van der Waals surface area contributed by atoms with Crippen LogP contribution in [0.4, 0.5) is 0 Å². The maximum Gasteiger partial charge on any atom is 0.339 e. The zero-order valence-corrected chi connectivity index (χ0v) is 9.78. The fourth-order valence-corrected chi connectivity index (χ4v) is 1.22. The lowest BCUT2D eigenvalue weighted by Gasteiger charge is -2.05. The van der Waals surface area contributed by atoms with Crippen LogP contribution in [0.2, 0.25) is 0 Å². The number of carbonyl (C=O) groups excluding carboxylic acids is 1. The molecule has 0 atom stereocenters. The van der Waals surface area contributed by atoms with Crippen molar-refractivity contribution in [2.75, 3.05) is 0 Å². The van der Waals surface area contributed by atoms with Crippen molar-refractivity contribution in [2.45, 2.75) is 33.6 Å². The van der Waals surface area contributed by atoms with Crippen LogP contribution in [0.15, 0.2) is 21.3 Å². The topological polar surface area (TPSA) is 56.5 Å². The van der Waals surface area contributed by atoms with Gasteiger partial charge in [0.25, 0.3) is 0 Å². The molecular weight excluding hydrogens is 208 g/mol. The van der Waals surface area contributed by atoms with E-state index >= 15 is 0 Å². The van der Waals surface area contributed by atoms with Gasteiger partial charge in [-0.2, -0.15) is 0 Å². The van der Waals surface area contributed by atoms with Crippen molar-refractivity contribution >= 4 is 5.97 Å². The van der Waals surface area contributed by atoms with Crippen molar-refractivity contribution < 1.29 is 13.9 Å². The van der Waals surface area contributed by atoms with Gasteiger partial charge in [0.2, 0.25) is 0 Å². The molecule has 1 heterocycles. The van der Waals surface area contributed by atoms with Crippen LogP contribution in [0.25, 0.3) is 0 Å². The summed E-state index contributed by atoms with van der Waals surface area (Å²) in [6, 6.07) is 2.69. The first-order valence-corrected chi connectivity index (χ1v) is 5.30. The molecule has 0 amide bonds. The summed E-state index contributed by atoms with van der Waals surface area (Å²) in [5, 5.41) is 0. The van der Waals surface area contributed by atoms with E-state index in [1.807, 2.05) is 13.8 Å². The minimum Gasteiger partial charge on any atom is -0.428 e. The molecule has 0 aromatic carbocycles. The van der Waals surface area contributed by atoms with Gasteiger partial charge in [0, 0.05) is 12.5 Å². The second kappa shape index (κ2) is 5.49. The maximum absolute atomic E-state index is 11.4. The summed E-state index contributed by atoms with van der Waals surface area (Å²) in [7, 11) is 0. The second-order valence-electron chi connectivity index (χ2n) is 4.13. The molecule has 0 spiro atoms. The summed E-state index contributed by atoms with van der Waals surface area (Å²) < 4.78 is 9.78. The van der Waals surface area contributed by atoms with Crippen molar-refractivity contribution in [3.05, 3.63) is 28.3 Å². The highest BCUT2D eigenvalue weighted by Gasteiger charge is 2.07. The van der Waals surface area contributed by atoms with E-state index in [-0.39, 0.29) is 11.7 Å². The van der Waals surface area contributed by atoms with E-state index in [2.05, 4.69) is 0 Å². The molecule has 4 heteroatoms. The fourth-order valence-electron chi connectivity index (χ4n) is 1.22. The average molecular weight is 224 g/mol. The van der Waals surface area contributed by atoms with E-state index in [4.69, 9.17) is 9.15 Å². The number of hydrogen-bond donors (Lipinski definition) is 0.